The number of aliphatic hydroxyl groups is 1. The van der Waals surface area contributed by atoms with Crippen molar-refractivity contribution in [1.29, 1.82) is 0 Å². The van der Waals surface area contributed by atoms with Crippen LogP contribution >= 0.6 is 11.3 Å². The van der Waals surface area contributed by atoms with E-state index < -0.39 is 29.5 Å². The highest BCUT2D eigenvalue weighted by Crippen LogP contribution is 2.42. The van der Waals surface area contributed by atoms with Gasteiger partial charge in [-0.1, -0.05) is 48.0 Å². The number of benzene rings is 2. The number of thiophene rings is 1. The van der Waals surface area contributed by atoms with Gasteiger partial charge in [0, 0.05) is 17.0 Å². The number of carbonyl (C=O) groups is 2. The molecule has 2 heterocycles. The lowest BCUT2D eigenvalue weighted by Gasteiger charge is -2.24. The van der Waals surface area contributed by atoms with Gasteiger partial charge in [-0.3, -0.25) is 9.59 Å². The van der Waals surface area contributed by atoms with E-state index in [1.807, 2.05) is 6.92 Å². The van der Waals surface area contributed by atoms with Crippen LogP contribution in [0.2, 0.25) is 0 Å². The molecule has 0 radical (unpaired) electrons. The molecular formula is C24H18F3NO3S. The van der Waals surface area contributed by atoms with Crippen molar-refractivity contribution in [3.63, 3.8) is 0 Å². The maximum absolute atomic E-state index is 13.1. The second-order valence-electron chi connectivity index (χ2n) is 7.51. The van der Waals surface area contributed by atoms with Gasteiger partial charge in [-0.05, 0) is 36.1 Å². The number of halogens is 3. The van der Waals surface area contributed by atoms with Crippen molar-refractivity contribution < 1.29 is 27.9 Å². The van der Waals surface area contributed by atoms with E-state index in [1.165, 1.54) is 28.4 Å². The van der Waals surface area contributed by atoms with Crippen LogP contribution in [0.5, 0.6) is 0 Å². The minimum atomic E-state index is -4.53. The highest BCUT2D eigenvalue weighted by molar-refractivity contribution is 7.10. The Kier molecular flexibility index (Phi) is 5.64. The summed E-state index contributed by atoms with van der Waals surface area (Å²) in [6.45, 7) is 1.67. The van der Waals surface area contributed by atoms with Crippen LogP contribution in [0, 0.1) is 6.92 Å². The van der Waals surface area contributed by atoms with Crippen molar-refractivity contribution in [1.82, 2.24) is 4.90 Å². The van der Waals surface area contributed by atoms with Gasteiger partial charge in [0.05, 0.1) is 17.2 Å². The van der Waals surface area contributed by atoms with Crippen LogP contribution in [-0.2, 0) is 22.3 Å². The highest BCUT2D eigenvalue weighted by Gasteiger charge is 2.46. The molecule has 2 aromatic carbocycles. The van der Waals surface area contributed by atoms with Crippen molar-refractivity contribution in [2.24, 2.45) is 0 Å². The molecule has 8 heteroatoms. The minimum Gasteiger partial charge on any atom is -0.507 e. The Morgan fingerprint density at radius 1 is 1.06 bits per heavy atom. The zero-order valence-corrected chi connectivity index (χ0v) is 17.7. The van der Waals surface area contributed by atoms with E-state index >= 15 is 0 Å². The summed E-state index contributed by atoms with van der Waals surface area (Å²) in [5, 5.41) is 12.7. The first-order chi connectivity index (χ1) is 15.2. The number of Topliss-reactive ketones (excluding diaryl/α,β-unsaturated/α-hetero) is 1. The number of alkyl halides is 3. The second kappa shape index (κ2) is 8.27. The van der Waals surface area contributed by atoms with E-state index in [9.17, 15) is 27.9 Å². The molecular weight excluding hydrogens is 439 g/mol. The monoisotopic (exact) mass is 457 g/mol. The fourth-order valence-electron chi connectivity index (χ4n) is 3.70. The molecule has 0 aliphatic carbocycles. The molecule has 1 aliphatic rings. The fraction of sp³-hybridized carbons (Fsp3) is 0.167. The first-order valence-corrected chi connectivity index (χ1v) is 10.6. The predicted molar refractivity (Wildman–Crippen MR) is 115 cm³/mol. The second-order valence-corrected chi connectivity index (χ2v) is 8.49. The number of rotatable bonds is 4. The number of ketones is 1. The summed E-state index contributed by atoms with van der Waals surface area (Å²) in [4.78, 5) is 27.7. The van der Waals surface area contributed by atoms with E-state index in [0.717, 1.165) is 17.7 Å². The smallest absolute Gasteiger partial charge is 0.416 e. The molecule has 32 heavy (non-hydrogen) atoms. The predicted octanol–water partition coefficient (Wildman–Crippen LogP) is 5.70. The van der Waals surface area contributed by atoms with Crippen LogP contribution in [0.4, 0.5) is 13.2 Å². The molecule has 0 saturated carbocycles. The molecule has 3 aromatic rings. The van der Waals surface area contributed by atoms with Crippen molar-refractivity contribution in [2.75, 3.05) is 0 Å². The highest BCUT2D eigenvalue weighted by atomic mass is 32.1. The van der Waals surface area contributed by atoms with Crippen molar-refractivity contribution in [2.45, 2.75) is 25.7 Å². The Bertz CT molecular complexity index is 1200. The Labute approximate surface area is 186 Å². The summed E-state index contributed by atoms with van der Waals surface area (Å²) in [5.41, 5.74) is 0.668. The molecule has 1 amide bonds. The Morgan fingerprint density at radius 3 is 2.41 bits per heavy atom. The summed E-state index contributed by atoms with van der Waals surface area (Å²) in [5.74, 6) is -2.05. The molecule has 4 rings (SSSR count). The third kappa shape index (κ3) is 4.05. The number of likely N-dealkylation sites (tertiary alicyclic amines) is 1. The Balaban J connectivity index is 1.79. The number of carbonyl (C=O) groups excluding carboxylic acids is 2. The number of hydrogen-bond donors (Lipinski definition) is 1. The van der Waals surface area contributed by atoms with E-state index in [1.54, 1.807) is 41.8 Å². The molecule has 164 valence electrons. The normalized spacial score (nSPS) is 18.4. The van der Waals surface area contributed by atoms with Gasteiger partial charge in [0.2, 0.25) is 0 Å². The molecule has 0 spiro atoms. The van der Waals surface area contributed by atoms with E-state index in [4.69, 9.17) is 0 Å². The van der Waals surface area contributed by atoms with Crippen molar-refractivity contribution in [3.8, 4) is 0 Å². The van der Waals surface area contributed by atoms with E-state index in [2.05, 4.69) is 0 Å². The van der Waals surface area contributed by atoms with Crippen LogP contribution in [0.15, 0.2) is 71.6 Å². The van der Waals surface area contributed by atoms with Gasteiger partial charge < -0.3 is 10.0 Å². The Morgan fingerprint density at radius 2 is 1.78 bits per heavy atom. The zero-order valence-electron chi connectivity index (χ0n) is 16.9. The lowest BCUT2D eigenvalue weighted by Crippen LogP contribution is -2.29. The molecule has 1 saturated heterocycles. The summed E-state index contributed by atoms with van der Waals surface area (Å²) in [6, 6.07) is 14.1. The maximum atomic E-state index is 13.1. The number of aryl methyl sites for hydroxylation is 1. The van der Waals surface area contributed by atoms with Gasteiger partial charge >= 0.3 is 6.18 Å². The lowest BCUT2D eigenvalue weighted by molar-refractivity contribution is -0.140. The standard InChI is InChI=1S/C24H18F3NO3S/c1-14-7-9-16(10-8-14)21(29)19-20(18-6-3-11-32-18)28(23(31)22(19)30)13-15-4-2-5-17(12-15)24(25,26)27/h2-12,20,29H,13H2,1H3/b21-19-. The molecule has 4 nitrogen and oxygen atoms in total. The van der Waals surface area contributed by atoms with Crippen LogP contribution in [-0.4, -0.2) is 21.7 Å². The third-order valence-corrected chi connectivity index (χ3v) is 6.21. The molecule has 1 fully saturated rings. The first kappa shape index (κ1) is 21.8. The minimum absolute atomic E-state index is 0.0757. The average Bonchev–Trinajstić information content (AvgIpc) is 3.36. The van der Waals surface area contributed by atoms with Gasteiger partial charge in [-0.25, -0.2) is 0 Å². The number of amides is 1. The van der Waals surface area contributed by atoms with Crippen LogP contribution in [0.3, 0.4) is 0 Å². The van der Waals surface area contributed by atoms with Crippen LogP contribution < -0.4 is 0 Å². The van der Waals surface area contributed by atoms with E-state index in [-0.39, 0.29) is 23.4 Å². The summed E-state index contributed by atoms with van der Waals surface area (Å²) in [7, 11) is 0. The molecule has 0 bridgehead atoms. The average molecular weight is 457 g/mol. The van der Waals surface area contributed by atoms with Gasteiger partial charge in [-0.15, -0.1) is 11.3 Å². The maximum Gasteiger partial charge on any atom is 0.416 e. The topological polar surface area (TPSA) is 57.6 Å². The quantitative estimate of drug-likeness (QED) is 0.311. The van der Waals surface area contributed by atoms with Gasteiger partial charge in [-0.2, -0.15) is 13.2 Å². The Hall–Kier alpha value is -3.39. The number of hydrogen-bond acceptors (Lipinski definition) is 4. The SMILES string of the molecule is Cc1ccc(/C(O)=C2/C(=O)C(=O)N(Cc3cccc(C(F)(F)F)c3)C2c2cccs2)cc1. The lowest BCUT2D eigenvalue weighted by atomic mass is 9.99. The third-order valence-electron chi connectivity index (χ3n) is 5.28. The largest absolute Gasteiger partial charge is 0.507 e. The number of aliphatic hydroxyl groups excluding tert-OH is 1. The van der Waals surface area contributed by atoms with Crippen molar-refractivity contribution >= 4 is 28.8 Å². The summed E-state index contributed by atoms with van der Waals surface area (Å²) < 4.78 is 39.4. The molecule has 1 aliphatic heterocycles. The van der Waals surface area contributed by atoms with Gasteiger partial charge in [0.25, 0.3) is 11.7 Å². The molecule has 1 N–H and O–H groups in total. The van der Waals surface area contributed by atoms with Gasteiger partial charge in [0.15, 0.2) is 0 Å². The van der Waals surface area contributed by atoms with Gasteiger partial charge in [0.1, 0.15) is 5.76 Å². The summed E-state index contributed by atoms with van der Waals surface area (Å²) >= 11 is 1.29. The summed E-state index contributed by atoms with van der Waals surface area (Å²) in [6.07, 6.45) is -4.53. The fourth-order valence-corrected chi connectivity index (χ4v) is 4.54. The molecule has 1 unspecified atom stereocenters. The molecule has 1 aromatic heterocycles. The first-order valence-electron chi connectivity index (χ1n) is 9.72. The van der Waals surface area contributed by atoms with Crippen LogP contribution in [0.25, 0.3) is 5.76 Å². The van der Waals surface area contributed by atoms with E-state index in [0.29, 0.717) is 10.4 Å². The number of nitrogens with zero attached hydrogens (tertiary/aromatic N) is 1. The zero-order chi connectivity index (χ0) is 23.0. The van der Waals surface area contributed by atoms with Crippen molar-refractivity contribution in [3.05, 3.63) is 98.7 Å². The van der Waals surface area contributed by atoms with Crippen LogP contribution in [0.1, 0.15) is 33.2 Å². The molecule has 1 atom stereocenters.